The number of para-hydroxylation sites is 2. The van der Waals surface area contributed by atoms with Crippen molar-refractivity contribution in [2.45, 2.75) is 52.0 Å². The van der Waals surface area contributed by atoms with E-state index in [1.807, 2.05) is 18.2 Å². The van der Waals surface area contributed by atoms with Crippen molar-refractivity contribution < 1.29 is 9.53 Å². The summed E-state index contributed by atoms with van der Waals surface area (Å²) in [6.45, 7) is 8.71. The van der Waals surface area contributed by atoms with Crippen molar-refractivity contribution >= 4 is 16.9 Å². The van der Waals surface area contributed by atoms with E-state index in [9.17, 15) is 4.79 Å². The first kappa shape index (κ1) is 24.5. The fraction of sp³-hybridized carbons (Fsp3) is 0.345. The molecular weight excluding hydrogens is 436 g/mol. The molecule has 182 valence electrons. The Bertz CT molecular complexity index is 1240. The number of imidazole rings is 1. The van der Waals surface area contributed by atoms with Crippen LogP contribution in [0.15, 0.2) is 73.1 Å². The SMILES string of the molecule is CC(C)(C)c1ccc(OCCCCn2c(CCNC(=O)c3ccncc3)nc3ccccc32)cc1. The minimum absolute atomic E-state index is 0.0947. The third-order valence-corrected chi connectivity index (χ3v) is 6.08. The molecule has 0 aliphatic heterocycles. The molecule has 0 spiro atoms. The van der Waals surface area contributed by atoms with Crippen molar-refractivity contribution in [2.75, 3.05) is 13.2 Å². The fourth-order valence-corrected chi connectivity index (χ4v) is 4.07. The summed E-state index contributed by atoms with van der Waals surface area (Å²) in [5, 5.41) is 2.99. The fourth-order valence-electron chi connectivity index (χ4n) is 4.07. The molecule has 1 amide bonds. The highest BCUT2D eigenvalue weighted by Crippen LogP contribution is 2.24. The molecule has 4 rings (SSSR count). The van der Waals surface area contributed by atoms with Crippen molar-refractivity contribution in [3.8, 4) is 5.75 Å². The maximum atomic E-state index is 12.3. The highest BCUT2D eigenvalue weighted by atomic mass is 16.5. The molecule has 0 aliphatic carbocycles. The predicted octanol–water partition coefficient (Wildman–Crippen LogP) is 5.56. The first-order chi connectivity index (χ1) is 16.9. The number of aromatic nitrogens is 3. The van der Waals surface area contributed by atoms with Gasteiger partial charge in [0.05, 0.1) is 17.6 Å². The lowest BCUT2D eigenvalue weighted by molar-refractivity contribution is 0.0953. The molecule has 0 fully saturated rings. The van der Waals surface area contributed by atoms with Gasteiger partial charge in [0, 0.05) is 37.5 Å². The number of rotatable bonds is 10. The minimum Gasteiger partial charge on any atom is -0.494 e. The summed E-state index contributed by atoms with van der Waals surface area (Å²) < 4.78 is 8.24. The first-order valence-electron chi connectivity index (χ1n) is 12.3. The Balaban J connectivity index is 1.30. The number of pyridine rings is 1. The van der Waals surface area contributed by atoms with Crippen LogP contribution in [0.5, 0.6) is 5.75 Å². The minimum atomic E-state index is -0.0947. The third kappa shape index (κ3) is 6.47. The molecule has 0 atom stereocenters. The van der Waals surface area contributed by atoms with Crippen molar-refractivity contribution in [1.82, 2.24) is 19.9 Å². The van der Waals surface area contributed by atoms with Gasteiger partial charge >= 0.3 is 0 Å². The summed E-state index contributed by atoms with van der Waals surface area (Å²) in [5.41, 5.74) is 4.17. The summed E-state index contributed by atoms with van der Waals surface area (Å²) in [6.07, 6.45) is 5.85. The van der Waals surface area contributed by atoms with Gasteiger partial charge in [0.15, 0.2) is 0 Å². The van der Waals surface area contributed by atoms with Crippen LogP contribution < -0.4 is 10.1 Å². The molecule has 2 aromatic carbocycles. The van der Waals surface area contributed by atoms with Crippen LogP contribution in [-0.2, 0) is 18.4 Å². The second-order valence-electron chi connectivity index (χ2n) is 9.74. The molecule has 6 nitrogen and oxygen atoms in total. The normalized spacial score (nSPS) is 11.5. The number of carbonyl (C=O) groups excluding carboxylic acids is 1. The van der Waals surface area contributed by atoms with E-state index in [1.54, 1.807) is 24.5 Å². The smallest absolute Gasteiger partial charge is 0.251 e. The Morgan fingerprint density at radius 1 is 0.971 bits per heavy atom. The molecule has 0 radical (unpaired) electrons. The third-order valence-electron chi connectivity index (χ3n) is 6.08. The summed E-state index contributed by atoms with van der Waals surface area (Å²) in [7, 11) is 0. The number of fused-ring (bicyclic) bond motifs is 1. The molecule has 0 bridgehead atoms. The number of amides is 1. The van der Waals surface area contributed by atoms with Crippen LogP contribution in [0.2, 0.25) is 0 Å². The number of ether oxygens (including phenoxy) is 1. The van der Waals surface area contributed by atoms with Crippen LogP contribution in [0.1, 0.15) is 55.4 Å². The Morgan fingerprint density at radius 2 is 1.71 bits per heavy atom. The van der Waals surface area contributed by atoms with E-state index >= 15 is 0 Å². The lowest BCUT2D eigenvalue weighted by Crippen LogP contribution is -2.26. The number of nitrogens with zero attached hydrogens (tertiary/aromatic N) is 3. The zero-order valence-electron chi connectivity index (χ0n) is 20.8. The number of hydrogen-bond acceptors (Lipinski definition) is 4. The topological polar surface area (TPSA) is 69.0 Å². The van der Waals surface area contributed by atoms with E-state index in [4.69, 9.17) is 9.72 Å². The molecule has 6 heteroatoms. The van der Waals surface area contributed by atoms with E-state index in [0.29, 0.717) is 25.1 Å². The second-order valence-corrected chi connectivity index (χ2v) is 9.74. The molecule has 1 N–H and O–H groups in total. The van der Waals surface area contributed by atoms with Crippen molar-refractivity contribution in [2.24, 2.45) is 0 Å². The zero-order chi connectivity index (χ0) is 24.7. The predicted molar refractivity (Wildman–Crippen MR) is 140 cm³/mol. The highest BCUT2D eigenvalue weighted by Gasteiger charge is 2.13. The van der Waals surface area contributed by atoms with Crippen LogP contribution in [-0.4, -0.2) is 33.6 Å². The number of unbranched alkanes of at least 4 members (excludes halogenated alkanes) is 1. The van der Waals surface area contributed by atoms with Gasteiger partial charge in [0.25, 0.3) is 5.91 Å². The lowest BCUT2D eigenvalue weighted by Gasteiger charge is -2.19. The van der Waals surface area contributed by atoms with Gasteiger partial charge in [-0.15, -0.1) is 0 Å². The zero-order valence-corrected chi connectivity index (χ0v) is 20.8. The monoisotopic (exact) mass is 470 g/mol. The Morgan fingerprint density at radius 3 is 2.46 bits per heavy atom. The molecule has 2 heterocycles. The Hall–Kier alpha value is -3.67. The van der Waals surface area contributed by atoms with Gasteiger partial charge in [-0.3, -0.25) is 9.78 Å². The largest absolute Gasteiger partial charge is 0.494 e. The maximum Gasteiger partial charge on any atom is 0.251 e. The van der Waals surface area contributed by atoms with Crippen molar-refractivity contribution in [1.29, 1.82) is 0 Å². The lowest BCUT2D eigenvalue weighted by atomic mass is 9.87. The molecular formula is C29H34N4O2. The Labute approximate surface area is 207 Å². The summed E-state index contributed by atoms with van der Waals surface area (Å²) in [4.78, 5) is 21.1. The maximum absolute atomic E-state index is 12.3. The van der Waals surface area contributed by atoms with E-state index < -0.39 is 0 Å². The highest BCUT2D eigenvalue weighted by molar-refractivity contribution is 5.93. The second kappa shape index (κ2) is 11.2. The van der Waals surface area contributed by atoms with E-state index in [-0.39, 0.29) is 11.3 Å². The average molecular weight is 471 g/mol. The number of benzene rings is 2. The van der Waals surface area contributed by atoms with E-state index in [0.717, 1.165) is 42.0 Å². The van der Waals surface area contributed by atoms with Gasteiger partial charge in [-0.1, -0.05) is 45.0 Å². The van der Waals surface area contributed by atoms with Crippen LogP contribution in [0.25, 0.3) is 11.0 Å². The molecule has 0 saturated heterocycles. The van der Waals surface area contributed by atoms with Gasteiger partial charge in [-0.05, 0) is 60.2 Å². The van der Waals surface area contributed by atoms with Crippen LogP contribution in [0.3, 0.4) is 0 Å². The van der Waals surface area contributed by atoms with Crippen LogP contribution >= 0.6 is 0 Å². The average Bonchev–Trinajstić information content (AvgIpc) is 3.21. The molecule has 0 saturated carbocycles. The van der Waals surface area contributed by atoms with Gasteiger partial charge < -0.3 is 14.6 Å². The van der Waals surface area contributed by atoms with Crippen molar-refractivity contribution in [3.63, 3.8) is 0 Å². The molecule has 0 aliphatic rings. The first-order valence-corrected chi connectivity index (χ1v) is 12.3. The van der Waals surface area contributed by atoms with Crippen molar-refractivity contribution in [3.05, 3.63) is 90.0 Å². The van der Waals surface area contributed by atoms with E-state index in [1.165, 1.54) is 5.56 Å². The molecule has 0 unspecified atom stereocenters. The summed E-state index contributed by atoms with van der Waals surface area (Å²) in [6, 6.07) is 20.0. The van der Waals surface area contributed by atoms with Gasteiger partial charge in [-0.2, -0.15) is 0 Å². The van der Waals surface area contributed by atoms with Crippen LogP contribution in [0.4, 0.5) is 0 Å². The van der Waals surface area contributed by atoms with Gasteiger partial charge in [0.2, 0.25) is 0 Å². The molecule has 4 aromatic rings. The number of aryl methyl sites for hydroxylation is 1. The van der Waals surface area contributed by atoms with Gasteiger partial charge in [0.1, 0.15) is 11.6 Å². The number of nitrogens with one attached hydrogen (secondary N) is 1. The molecule has 2 aromatic heterocycles. The summed E-state index contributed by atoms with van der Waals surface area (Å²) >= 11 is 0. The standard InChI is InChI=1S/C29H34N4O2/c1-29(2,3)23-10-12-24(13-11-23)35-21-7-6-20-33-26-9-5-4-8-25(26)32-27(33)16-19-31-28(34)22-14-17-30-18-15-22/h4-5,8-15,17-18H,6-7,16,19-21H2,1-3H3,(H,31,34). The quantitative estimate of drug-likeness (QED) is 0.308. The Kier molecular flexibility index (Phi) is 7.80. The van der Waals surface area contributed by atoms with Crippen LogP contribution in [0, 0.1) is 0 Å². The van der Waals surface area contributed by atoms with E-state index in [2.05, 4.69) is 66.0 Å². The number of carbonyl (C=O) groups is 1. The molecule has 35 heavy (non-hydrogen) atoms. The number of hydrogen-bond donors (Lipinski definition) is 1. The van der Waals surface area contributed by atoms with Gasteiger partial charge in [-0.25, -0.2) is 4.98 Å². The summed E-state index contributed by atoms with van der Waals surface area (Å²) in [5.74, 6) is 1.80.